The van der Waals surface area contributed by atoms with E-state index < -0.39 is 0 Å². The summed E-state index contributed by atoms with van der Waals surface area (Å²) in [4.78, 5) is 30.9. The molecule has 2 amide bonds. The van der Waals surface area contributed by atoms with Crippen LogP contribution in [0.1, 0.15) is 30.4 Å². The second-order valence-electron chi connectivity index (χ2n) is 7.20. The van der Waals surface area contributed by atoms with Gasteiger partial charge in [-0.3, -0.25) is 14.6 Å². The zero-order chi connectivity index (χ0) is 18.5. The summed E-state index contributed by atoms with van der Waals surface area (Å²) in [7, 11) is 1.38. The maximum Gasteiger partial charge on any atom is 0.410 e. The molecule has 0 aliphatic carbocycles. The summed E-state index contributed by atoms with van der Waals surface area (Å²) in [6.07, 6.45) is 2.26. The first-order valence-electron chi connectivity index (χ1n) is 9.50. The molecule has 0 unspecified atom stereocenters. The molecular formula is C20H29N3O3. The van der Waals surface area contributed by atoms with Crippen molar-refractivity contribution >= 4 is 12.0 Å². The van der Waals surface area contributed by atoms with Crippen LogP contribution in [0.5, 0.6) is 0 Å². The third-order valence-electron chi connectivity index (χ3n) is 5.54. The SMILES string of the molecule is COC(=O)N1CCCC[C@H]1C(=O)N1CCN(Cc2ccccc2C)CC1. The molecule has 0 aromatic heterocycles. The van der Waals surface area contributed by atoms with Crippen molar-refractivity contribution in [3.8, 4) is 0 Å². The summed E-state index contributed by atoms with van der Waals surface area (Å²) in [5, 5.41) is 0. The molecule has 1 aromatic rings. The van der Waals surface area contributed by atoms with Gasteiger partial charge in [-0.1, -0.05) is 24.3 Å². The number of carbonyl (C=O) groups excluding carboxylic acids is 2. The molecule has 1 aromatic carbocycles. The highest BCUT2D eigenvalue weighted by atomic mass is 16.5. The van der Waals surface area contributed by atoms with E-state index in [0.29, 0.717) is 6.54 Å². The van der Waals surface area contributed by atoms with Crippen molar-refractivity contribution in [2.45, 2.75) is 38.8 Å². The van der Waals surface area contributed by atoms with Gasteiger partial charge in [-0.15, -0.1) is 0 Å². The molecule has 6 heteroatoms. The lowest BCUT2D eigenvalue weighted by Crippen LogP contribution is -2.57. The molecule has 3 rings (SSSR count). The molecule has 2 aliphatic heterocycles. The molecular weight excluding hydrogens is 330 g/mol. The van der Waals surface area contributed by atoms with Crippen LogP contribution in [-0.4, -0.2) is 72.6 Å². The Balaban J connectivity index is 1.56. The average Bonchev–Trinajstić information content (AvgIpc) is 2.69. The minimum atomic E-state index is -0.388. The minimum Gasteiger partial charge on any atom is -0.453 e. The van der Waals surface area contributed by atoms with E-state index >= 15 is 0 Å². The van der Waals surface area contributed by atoms with E-state index in [1.165, 1.54) is 18.2 Å². The highest BCUT2D eigenvalue weighted by Gasteiger charge is 2.36. The molecule has 0 radical (unpaired) electrons. The first-order chi connectivity index (χ1) is 12.6. The Morgan fingerprint density at radius 2 is 1.81 bits per heavy atom. The van der Waals surface area contributed by atoms with Crippen LogP contribution in [0.4, 0.5) is 4.79 Å². The molecule has 26 heavy (non-hydrogen) atoms. The van der Waals surface area contributed by atoms with Crippen molar-refractivity contribution in [2.75, 3.05) is 39.8 Å². The van der Waals surface area contributed by atoms with Crippen LogP contribution >= 0.6 is 0 Å². The molecule has 6 nitrogen and oxygen atoms in total. The minimum absolute atomic E-state index is 0.0747. The van der Waals surface area contributed by atoms with Crippen molar-refractivity contribution in [1.82, 2.24) is 14.7 Å². The maximum absolute atomic E-state index is 13.0. The fraction of sp³-hybridized carbons (Fsp3) is 0.600. The van der Waals surface area contributed by atoms with E-state index in [4.69, 9.17) is 4.74 Å². The van der Waals surface area contributed by atoms with Gasteiger partial charge in [0.05, 0.1) is 7.11 Å². The van der Waals surface area contributed by atoms with Crippen LogP contribution in [-0.2, 0) is 16.1 Å². The number of rotatable bonds is 3. The lowest BCUT2D eigenvalue weighted by molar-refractivity contribution is -0.139. The van der Waals surface area contributed by atoms with E-state index in [1.807, 2.05) is 4.90 Å². The molecule has 2 heterocycles. The fourth-order valence-electron chi connectivity index (χ4n) is 3.89. The van der Waals surface area contributed by atoms with E-state index in [0.717, 1.165) is 52.0 Å². The second-order valence-corrected chi connectivity index (χ2v) is 7.20. The van der Waals surface area contributed by atoms with Crippen molar-refractivity contribution < 1.29 is 14.3 Å². The summed E-state index contributed by atoms with van der Waals surface area (Å²) < 4.78 is 4.86. The molecule has 0 bridgehead atoms. The van der Waals surface area contributed by atoms with Gasteiger partial charge in [0.15, 0.2) is 0 Å². The number of carbonyl (C=O) groups is 2. The Hall–Kier alpha value is -2.08. The molecule has 142 valence electrons. The van der Waals surface area contributed by atoms with E-state index in [-0.39, 0.29) is 18.0 Å². The van der Waals surface area contributed by atoms with Crippen LogP contribution in [0.2, 0.25) is 0 Å². The number of piperazine rings is 1. The normalized spacial score (nSPS) is 21.5. The highest BCUT2D eigenvalue weighted by molar-refractivity contribution is 5.86. The van der Waals surface area contributed by atoms with Gasteiger partial charge in [0.1, 0.15) is 6.04 Å². The second kappa shape index (κ2) is 8.54. The van der Waals surface area contributed by atoms with Gasteiger partial charge in [-0.25, -0.2) is 4.79 Å². The zero-order valence-electron chi connectivity index (χ0n) is 15.8. The smallest absolute Gasteiger partial charge is 0.410 e. The van der Waals surface area contributed by atoms with Crippen molar-refractivity contribution in [2.24, 2.45) is 0 Å². The lowest BCUT2D eigenvalue weighted by atomic mass is 10.0. The van der Waals surface area contributed by atoms with Gasteiger partial charge in [0.2, 0.25) is 5.91 Å². The van der Waals surface area contributed by atoms with Gasteiger partial charge >= 0.3 is 6.09 Å². The number of hydrogen-bond donors (Lipinski definition) is 0. The lowest BCUT2D eigenvalue weighted by Gasteiger charge is -2.40. The topological polar surface area (TPSA) is 53.1 Å². The van der Waals surface area contributed by atoms with Gasteiger partial charge in [-0.05, 0) is 37.3 Å². The molecule has 0 saturated carbocycles. The Labute approximate surface area is 155 Å². The first-order valence-corrected chi connectivity index (χ1v) is 9.50. The predicted molar refractivity (Wildman–Crippen MR) is 99.8 cm³/mol. The van der Waals surface area contributed by atoms with Crippen molar-refractivity contribution in [3.63, 3.8) is 0 Å². The number of ether oxygens (including phenoxy) is 1. The van der Waals surface area contributed by atoms with E-state index in [9.17, 15) is 9.59 Å². The van der Waals surface area contributed by atoms with Gasteiger partial charge in [-0.2, -0.15) is 0 Å². The molecule has 1 atom stereocenters. The number of nitrogens with zero attached hydrogens (tertiary/aromatic N) is 3. The zero-order valence-corrected chi connectivity index (χ0v) is 15.8. The number of likely N-dealkylation sites (tertiary alicyclic amines) is 1. The van der Waals surface area contributed by atoms with Crippen LogP contribution in [0.25, 0.3) is 0 Å². The monoisotopic (exact) mass is 359 g/mol. The van der Waals surface area contributed by atoms with Crippen molar-refractivity contribution in [3.05, 3.63) is 35.4 Å². The Bertz CT molecular complexity index is 641. The third-order valence-corrected chi connectivity index (χ3v) is 5.54. The predicted octanol–water partition coefficient (Wildman–Crippen LogP) is 2.26. The number of methoxy groups -OCH3 is 1. The van der Waals surface area contributed by atoms with Crippen LogP contribution < -0.4 is 0 Å². The summed E-state index contributed by atoms with van der Waals surface area (Å²) in [5.41, 5.74) is 2.65. The number of piperidine rings is 1. The number of aryl methyl sites for hydroxylation is 1. The first kappa shape index (κ1) is 18.7. The van der Waals surface area contributed by atoms with E-state index in [1.54, 1.807) is 4.90 Å². The Morgan fingerprint density at radius 1 is 1.08 bits per heavy atom. The van der Waals surface area contributed by atoms with Crippen molar-refractivity contribution in [1.29, 1.82) is 0 Å². The van der Waals surface area contributed by atoms with Gasteiger partial charge in [0.25, 0.3) is 0 Å². The fourth-order valence-corrected chi connectivity index (χ4v) is 3.89. The molecule has 2 fully saturated rings. The summed E-state index contributed by atoms with van der Waals surface area (Å²) in [6, 6.07) is 8.08. The number of benzene rings is 1. The standard InChI is InChI=1S/C20H29N3O3/c1-16-7-3-4-8-17(16)15-21-11-13-22(14-12-21)19(24)18-9-5-6-10-23(18)20(25)26-2/h3-4,7-8,18H,5-6,9-15H2,1-2H3/t18-/m0/s1. The molecule has 0 N–H and O–H groups in total. The molecule has 2 aliphatic rings. The van der Waals surface area contributed by atoms with Crippen LogP contribution in [0.15, 0.2) is 24.3 Å². The average molecular weight is 359 g/mol. The number of hydrogen-bond acceptors (Lipinski definition) is 4. The Morgan fingerprint density at radius 3 is 2.50 bits per heavy atom. The third kappa shape index (κ3) is 4.18. The maximum atomic E-state index is 13.0. The van der Waals surface area contributed by atoms with E-state index in [2.05, 4.69) is 36.1 Å². The number of amides is 2. The summed E-state index contributed by atoms with van der Waals surface area (Å²) in [5.74, 6) is 0.0747. The van der Waals surface area contributed by atoms with Gasteiger partial charge in [0, 0.05) is 39.3 Å². The van der Waals surface area contributed by atoms with Crippen LogP contribution in [0, 0.1) is 6.92 Å². The quantitative estimate of drug-likeness (QED) is 0.831. The largest absolute Gasteiger partial charge is 0.453 e. The Kier molecular flexibility index (Phi) is 6.14. The summed E-state index contributed by atoms with van der Waals surface area (Å²) in [6.45, 7) is 6.84. The molecule has 0 spiro atoms. The highest BCUT2D eigenvalue weighted by Crippen LogP contribution is 2.21. The summed E-state index contributed by atoms with van der Waals surface area (Å²) >= 11 is 0. The van der Waals surface area contributed by atoms with Gasteiger partial charge < -0.3 is 9.64 Å². The molecule has 2 saturated heterocycles. The van der Waals surface area contributed by atoms with Crippen LogP contribution in [0.3, 0.4) is 0 Å².